The van der Waals surface area contributed by atoms with Crippen molar-refractivity contribution in [3.05, 3.63) is 46.2 Å². The summed E-state index contributed by atoms with van der Waals surface area (Å²) >= 11 is 0. The monoisotopic (exact) mass is 216 g/mol. The number of aromatic nitrogens is 1. The first-order valence-corrected chi connectivity index (χ1v) is 5.54. The van der Waals surface area contributed by atoms with Crippen molar-refractivity contribution in [1.29, 1.82) is 0 Å². The number of nitrogens with one attached hydrogen (secondary N) is 1. The number of hydrogen-bond acceptors (Lipinski definition) is 2. The van der Waals surface area contributed by atoms with Gasteiger partial charge in [-0.05, 0) is 36.4 Å². The van der Waals surface area contributed by atoms with Crippen LogP contribution >= 0.6 is 0 Å². The van der Waals surface area contributed by atoms with Crippen LogP contribution in [0.2, 0.25) is 0 Å². The van der Waals surface area contributed by atoms with Crippen LogP contribution in [-0.2, 0) is 0 Å². The van der Waals surface area contributed by atoms with Gasteiger partial charge in [0.05, 0.1) is 0 Å². The van der Waals surface area contributed by atoms with Gasteiger partial charge in [-0.2, -0.15) is 0 Å². The van der Waals surface area contributed by atoms with Gasteiger partial charge in [-0.1, -0.05) is 25.1 Å². The largest absolute Gasteiger partial charge is 0.330 e. The molecule has 84 valence electrons. The summed E-state index contributed by atoms with van der Waals surface area (Å²) in [5.74, 6) is 0.207. The van der Waals surface area contributed by atoms with Crippen LogP contribution in [0.3, 0.4) is 0 Å². The molecule has 0 aliphatic carbocycles. The molecule has 0 radical (unpaired) electrons. The average molecular weight is 216 g/mol. The summed E-state index contributed by atoms with van der Waals surface area (Å²) in [6, 6.07) is 9.77. The van der Waals surface area contributed by atoms with Crippen molar-refractivity contribution < 1.29 is 0 Å². The van der Waals surface area contributed by atoms with E-state index in [0.29, 0.717) is 6.54 Å². The van der Waals surface area contributed by atoms with E-state index in [9.17, 15) is 4.79 Å². The second kappa shape index (κ2) is 4.49. The lowest BCUT2D eigenvalue weighted by molar-refractivity contribution is 0.683. The molecular weight excluding hydrogens is 200 g/mol. The smallest absolute Gasteiger partial charge is 0.251 e. The number of nitrogens with two attached hydrogens (primary N) is 1. The van der Waals surface area contributed by atoms with Crippen LogP contribution in [0.1, 0.15) is 24.8 Å². The second-order valence-corrected chi connectivity index (χ2v) is 4.12. The fourth-order valence-electron chi connectivity index (χ4n) is 1.94. The molecule has 0 aliphatic heterocycles. The Bertz CT molecular complexity index is 545. The summed E-state index contributed by atoms with van der Waals surface area (Å²) in [6.07, 6.45) is 0.835. The number of H-pyrrole nitrogens is 1. The van der Waals surface area contributed by atoms with Crippen LogP contribution in [0.4, 0.5) is 0 Å². The average Bonchev–Trinajstić information content (AvgIpc) is 2.28. The van der Waals surface area contributed by atoms with E-state index in [1.165, 1.54) is 0 Å². The number of rotatable bonds is 3. The standard InChI is InChI=1S/C13H16N2O/c1-9(6-7-14)11-8-10-4-2-3-5-12(10)15-13(11)16/h2-5,8-9H,6-7,14H2,1H3,(H,15,16). The molecule has 0 aliphatic rings. The minimum absolute atomic E-state index is 0.000324. The maximum absolute atomic E-state index is 11.9. The first-order valence-electron chi connectivity index (χ1n) is 5.54. The van der Waals surface area contributed by atoms with E-state index in [1.54, 1.807) is 0 Å². The molecule has 3 heteroatoms. The summed E-state index contributed by atoms with van der Waals surface area (Å²) in [7, 11) is 0. The Morgan fingerprint density at radius 2 is 2.12 bits per heavy atom. The highest BCUT2D eigenvalue weighted by Gasteiger charge is 2.09. The van der Waals surface area contributed by atoms with Crippen LogP contribution in [0.5, 0.6) is 0 Å². The van der Waals surface area contributed by atoms with E-state index in [2.05, 4.69) is 4.98 Å². The molecule has 0 spiro atoms. The van der Waals surface area contributed by atoms with Gasteiger partial charge in [0.15, 0.2) is 0 Å². The van der Waals surface area contributed by atoms with E-state index < -0.39 is 0 Å². The summed E-state index contributed by atoms with van der Waals surface area (Å²) in [5.41, 5.74) is 7.23. The van der Waals surface area contributed by atoms with Gasteiger partial charge < -0.3 is 10.7 Å². The number of pyridine rings is 1. The Balaban J connectivity index is 2.54. The fourth-order valence-corrected chi connectivity index (χ4v) is 1.94. The van der Waals surface area contributed by atoms with Crippen LogP contribution < -0.4 is 11.3 Å². The maximum atomic E-state index is 11.9. The zero-order valence-corrected chi connectivity index (χ0v) is 9.36. The summed E-state index contributed by atoms with van der Waals surface area (Å²) < 4.78 is 0. The maximum Gasteiger partial charge on any atom is 0.251 e. The van der Waals surface area contributed by atoms with Gasteiger partial charge in [-0.3, -0.25) is 4.79 Å². The quantitative estimate of drug-likeness (QED) is 0.824. The molecule has 0 amide bonds. The first kappa shape index (κ1) is 10.9. The number of benzene rings is 1. The first-order chi connectivity index (χ1) is 7.72. The third-order valence-electron chi connectivity index (χ3n) is 2.91. The fraction of sp³-hybridized carbons (Fsp3) is 0.308. The zero-order valence-electron chi connectivity index (χ0n) is 9.36. The molecule has 2 rings (SSSR count). The SMILES string of the molecule is CC(CCN)c1cc2ccccc2[nH]c1=O. The molecule has 1 atom stereocenters. The van der Waals surface area contributed by atoms with Gasteiger partial charge in [0.2, 0.25) is 0 Å². The molecule has 0 saturated carbocycles. The Hall–Kier alpha value is -1.61. The zero-order chi connectivity index (χ0) is 11.5. The minimum Gasteiger partial charge on any atom is -0.330 e. The topological polar surface area (TPSA) is 58.9 Å². The molecule has 1 heterocycles. The Kier molecular flexibility index (Phi) is 3.06. The predicted molar refractivity (Wildman–Crippen MR) is 66.7 cm³/mol. The third-order valence-corrected chi connectivity index (χ3v) is 2.91. The van der Waals surface area contributed by atoms with Gasteiger partial charge in [-0.15, -0.1) is 0 Å². The van der Waals surface area contributed by atoms with Crippen molar-refractivity contribution in [2.75, 3.05) is 6.54 Å². The predicted octanol–water partition coefficient (Wildman–Crippen LogP) is 1.98. The van der Waals surface area contributed by atoms with Gasteiger partial charge in [0.1, 0.15) is 0 Å². The highest BCUT2D eigenvalue weighted by atomic mass is 16.1. The molecule has 2 aromatic rings. The van der Waals surface area contributed by atoms with Crippen LogP contribution in [0.15, 0.2) is 35.1 Å². The van der Waals surface area contributed by atoms with Gasteiger partial charge in [-0.25, -0.2) is 0 Å². The number of para-hydroxylation sites is 1. The number of fused-ring (bicyclic) bond motifs is 1. The van der Waals surface area contributed by atoms with E-state index >= 15 is 0 Å². The molecule has 3 nitrogen and oxygen atoms in total. The van der Waals surface area contributed by atoms with Crippen molar-refractivity contribution in [1.82, 2.24) is 4.98 Å². The lowest BCUT2D eigenvalue weighted by Crippen LogP contribution is -2.16. The van der Waals surface area contributed by atoms with Crippen molar-refractivity contribution in [3.8, 4) is 0 Å². The molecule has 3 N–H and O–H groups in total. The molecular formula is C13H16N2O. The van der Waals surface area contributed by atoms with Crippen LogP contribution in [0.25, 0.3) is 10.9 Å². The lowest BCUT2D eigenvalue weighted by atomic mass is 9.98. The highest BCUT2D eigenvalue weighted by molar-refractivity contribution is 5.78. The van der Waals surface area contributed by atoms with Crippen LogP contribution in [0, 0.1) is 0 Å². The normalized spacial score (nSPS) is 12.9. The molecule has 0 saturated heterocycles. The summed E-state index contributed by atoms with van der Waals surface area (Å²) in [5, 5.41) is 1.07. The molecule has 1 aromatic heterocycles. The Morgan fingerprint density at radius 3 is 2.88 bits per heavy atom. The van der Waals surface area contributed by atoms with Crippen molar-refractivity contribution in [2.24, 2.45) is 5.73 Å². The van der Waals surface area contributed by atoms with Gasteiger partial charge in [0.25, 0.3) is 5.56 Å². The summed E-state index contributed by atoms with van der Waals surface area (Å²) in [4.78, 5) is 14.8. The van der Waals surface area contributed by atoms with Gasteiger partial charge >= 0.3 is 0 Å². The minimum atomic E-state index is -0.000324. The molecule has 1 unspecified atom stereocenters. The van der Waals surface area contributed by atoms with Crippen molar-refractivity contribution in [3.63, 3.8) is 0 Å². The van der Waals surface area contributed by atoms with Crippen molar-refractivity contribution >= 4 is 10.9 Å². The Morgan fingerprint density at radius 1 is 1.38 bits per heavy atom. The van der Waals surface area contributed by atoms with Gasteiger partial charge in [0, 0.05) is 11.1 Å². The van der Waals surface area contributed by atoms with E-state index in [-0.39, 0.29) is 11.5 Å². The summed E-state index contributed by atoms with van der Waals surface area (Å²) in [6.45, 7) is 2.64. The molecule has 0 fully saturated rings. The van der Waals surface area contributed by atoms with Crippen molar-refractivity contribution in [2.45, 2.75) is 19.3 Å². The highest BCUT2D eigenvalue weighted by Crippen LogP contribution is 2.18. The second-order valence-electron chi connectivity index (χ2n) is 4.12. The van der Waals surface area contributed by atoms with E-state index in [4.69, 9.17) is 5.73 Å². The van der Waals surface area contributed by atoms with E-state index in [1.807, 2.05) is 37.3 Å². The molecule has 1 aromatic carbocycles. The Labute approximate surface area is 94.3 Å². The number of aromatic amines is 1. The third kappa shape index (κ3) is 1.99. The number of hydrogen-bond donors (Lipinski definition) is 2. The lowest BCUT2D eigenvalue weighted by Gasteiger charge is -2.10. The molecule has 0 bridgehead atoms. The van der Waals surface area contributed by atoms with Crippen LogP contribution in [-0.4, -0.2) is 11.5 Å². The van der Waals surface area contributed by atoms with E-state index in [0.717, 1.165) is 22.9 Å². The molecule has 16 heavy (non-hydrogen) atoms.